The summed E-state index contributed by atoms with van der Waals surface area (Å²) in [6, 6.07) is 13.7. The molecule has 5 nitrogen and oxygen atoms in total. The Bertz CT molecular complexity index is 829. The zero-order valence-corrected chi connectivity index (χ0v) is 16.7. The summed E-state index contributed by atoms with van der Waals surface area (Å²) in [5, 5.41) is 0. The van der Waals surface area contributed by atoms with E-state index < -0.39 is 0 Å². The summed E-state index contributed by atoms with van der Waals surface area (Å²) in [4.78, 5) is 14.8. The molecule has 1 fully saturated rings. The molecule has 0 spiro atoms. The Kier molecular flexibility index (Phi) is 6.58. The number of amides is 1. The summed E-state index contributed by atoms with van der Waals surface area (Å²) >= 11 is 0. The van der Waals surface area contributed by atoms with E-state index >= 15 is 0 Å². The Morgan fingerprint density at radius 3 is 2.54 bits per heavy atom. The van der Waals surface area contributed by atoms with Crippen LogP contribution in [0, 0.1) is 0 Å². The predicted molar refractivity (Wildman–Crippen MR) is 110 cm³/mol. The van der Waals surface area contributed by atoms with Gasteiger partial charge in [-0.05, 0) is 61.7 Å². The second-order valence-electron chi connectivity index (χ2n) is 6.63. The molecule has 1 amide bonds. The highest BCUT2D eigenvalue weighted by atomic mass is 16.5. The quantitative estimate of drug-likeness (QED) is 0.664. The van der Waals surface area contributed by atoms with Crippen molar-refractivity contribution in [1.29, 1.82) is 0 Å². The standard InChI is InChI=1S/C23H27NO4/c1-4-28-19-10-7-17(8-11-19)21-6-5-15-24(21)23(25)14-9-18-16-20(26-2)12-13-22(18)27-3/h7-14,16,21H,4-6,15H2,1-3H3/b14-9+. The van der Waals surface area contributed by atoms with Gasteiger partial charge in [0.25, 0.3) is 0 Å². The maximum Gasteiger partial charge on any atom is 0.247 e. The van der Waals surface area contributed by atoms with E-state index in [1.165, 1.54) is 0 Å². The molecular weight excluding hydrogens is 354 g/mol. The van der Waals surface area contributed by atoms with Crippen molar-refractivity contribution in [1.82, 2.24) is 4.90 Å². The molecule has 1 heterocycles. The van der Waals surface area contributed by atoms with E-state index in [9.17, 15) is 4.79 Å². The number of benzene rings is 2. The summed E-state index contributed by atoms with van der Waals surface area (Å²) in [6.45, 7) is 3.37. The average molecular weight is 381 g/mol. The SMILES string of the molecule is CCOc1ccc(C2CCCN2C(=O)/C=C/c2cc(OC)ccc2OC)cc1. The minimum absolute atomic E-state index is 0.00116. The molecule has 1 aliphatic rings. The van der Waals surface area contributed by atoms with Crippen LogP contribution in [0.15, 0.2) is 48.5 Å². The second kappa shape index (κ2) is 9.31. The average Bonchev–Trinajstić information content (AvgIpc) is 3.22. The first kappa shape index (κ1) is 19.8. The largest absolute Gasteiger partial charge is 0.497 e. The van der Waals surface area contributed by atoms with Gasteiger partial charge < -0.3 is 19.1 Å². The van der Waals surface area contributed by atoms with Crippen molar-refractivity contribution in [3.8, 4) is 17.2 Å². The van der Waals surface area contributed by atoms with Crippen molar-refractivity contribution in [3.63, 3.8) is 0 Å². The lowest BCUT2D eigenvalue weighted by atomic mass is 10.0. The van der Waals surface area contributed by atoms with Crippen LogP contribution in [0.1, 0.15) is 36.9 Å². The maximum absolute atomic E-state index is 12.9. The van der Waals surface area contributed by atoms with Gasteiger partial charge in [-0.15, -0.1) is 0 Å². The molecule has 0 bridgehead atoms. The predicted octanol–water partition coefficient (Wildman–Crippen LogP) is 4.48. The van der Waals surface area contributed by atoms with Crippen LogP contribution in [0.5, 0.6) is 17.2 Å². The lowest BCUT2D eigenvalue weighted by Crippen LogP contribution is -2.28. The lowest BCUT2D eigenvalue weighted by Gasteiger charge is -2.24. The first-order valence-electron chi connectivity index (χ1n) is 9.59. The number of rotatable bonds is 7. The number of carbonyl (C=O) groups is 1. The van der Waals surface area contributed by atoms with E-state index in [1.807, 2.05) is 42.2 Å². The minimum atomic E-state index is 0.00116. The van der Waals surface area contributed by atoms with Crippen LogP contribution in [0.3, 0.4) is 0 Å². The molecule has 148 valence electrons. The fourth-order valence-corrected chi connectivity index (χ4v) is 3.56. The van der Waals surface area contributed by atoms with Gasteiger partial charge >= 0.3 is 0 Å². The van der Waals surface area contributed by atoms with Gasteiger partial charge in [-0.25, -0.2) is 0 Å². The van der Waals surface area contributed by atoms with Gasteiger partial charge in [-0.2, -0.15) is 0 Å². The van der Waals surface area contributed by atoms with Crippen LogP contribution >= 0.6 is 0 Å². The van der Waals surface area contributed by atoms with Crippen molar-refractivity contribution in [3.05, 3.63) is 59.7 Å². The minimum Gasteiger partial charge on any atom is -0.497 e. The summed E-state index contributed by atoms with van der Waals surface area (Å²) in [7, 11) is 3.23. The van der Waals surface area contributed by atoms with E-state index in [0.29, 0.717) is 12.4 Å². The highest BCUT2D eigenvalue weighted by Crippen LogP contribution is 2.33. The fourth-order valence-electron chi connectivity index (χ4n) is 3.56. The van der Waals surface area contributed by atoms with Crippen LogP contribution in [-0.2, 0) is 4.79 Å². The zero-order valence-electron chi connectivity index (χ0n) is 16.7. The van der Waals surface area contributed by atoms with E-state index in [4.69, 9.17) is 14.2 Å². The topological polar surface area (TPSA) is 48.0 Å². The third kappa shape index (κ3) is 4.47. The summed E-state index contributed by atoms with van der Waals surface area (Å²) in [5.74, 6) is 2.28. The van der Waals surface area contributed by atoms with Crippen LogP contribution in [-0.4, -0.2) is 38.2 Å². The molecule has 2 aromatic carbocycles. The number of hydrogen-bond donors (Lipinski definition) is 0. The zero-order chi connectivity index (χ0) is 19.9. The van der Waals surface area contributed by atoms with Gasteiger partial charge in [-0.1, -0.05) is 12.1 Å². The van der Waals surface area contributed by atoms with Crippen molar-refractivity contribution in [2.45, 2.75) is 25.8 Å². The number of methoxy groups -OCH3 is 2. The van der Waals surface area contributed by atoms with Crippen molar-refractivity contribution < 1.29 is 19.0 Å². The molecule has 1 unspecified atom stereocenters. The summed E-state index contributed by atoms with van der Waals surface area (Å²) in [5.41, 5.74) is 1.95. The molecule has 5 heteroatoms. The highest BCUT2D eigenvalue weighted by molar-refractivity contribution is 5.92. The molecule has 0 aliphatic carbocycles. The molecule has 0 N–H and O–H groups in total. The first-order valence-corrected chi connectivity index (χ1v) is 9.59. The van der Waals surface area contributed by atoms with Gasteiger partial charge in [0.1, 0.15) is 17.2 Å². The smallest absolute Gasteiger partial charge is 0.247 e. The summed E-state index contributed by atoms with van der Waals surface area (Å²) in [6.07, 6.45) is 5.37. The van der Waals surface area contributed by atoms with Gasteiger partial charge in [0.15, 0.2) is 0 Å². The molecule has 1 saturated heterocycles. The second-order valence-corrected chi connectivity index (χ2v) is 6.63. The molecule has 2 aromatic rings. The van der Waals surface area contributed by atoms with Gasteiger partial charge in [0.2, 0.25) is 5.91 Å². The Labute approximate surface area is 166 Å². The third-order valence-corrected chi connectivity index (χ3v) is 4.95. The number of nitrogens with zero attached hydrogens (tertiary/aromatic N) is 1. The molecule has 28 heavy (non-hydrogen) atoms. The van der Waals surface area contributed by atoms with E-state index in [1.54, 1.807) is 26.4 Å². The number of carbonyl (C=O) groups excluding carboxylic acids is 1. The Balaban J connectivity index is 1.75. The normalized spacial score (nSPS) is 16.4. The Hall–Kier alpha value is -2.95. The monoisotopic (exact) mass is 381 g/mol. The van der Waals surface area contributed by atoms with E-state index in [2.05, 4.69) is 12.1 Å². The number of hydrogen-bond acceptors (Lipinski definition) is 4. The third-order valence-electron chi connectivity index (χ3n) is 4.95. The maximum atomic E-state index is 12.9. The van der Waals surface area contributed by atoms with Gasteiger partial charge in [-0.3, -0.25) is 4.79 Å². The molecule has 0 aromatic heterocycles. The lowest BCUT2D eigenvalue weighted by molar-refractivity contribution is -0.126. The molecule has 0 saturated carbocycles. The molecule has 3 rings (SSSR count). The van der Waals surface area contributed by atoms with Crippen molar-refractivity contribution in [2.75, 3.05) is 27.4 Å². The number of likely N-dealkylation sites (tertiary alicyclic amines) is 1. The first-order chi connectivity index (χ1) is 13.7. The van der Waals surface area contributed by atoms with Crippen LogP contribution in [0.2, 0.25) is 0 Å². The highest BCUT2D eigenvalue weighted by Gasteiger charge is 2.28. The Morgan fingerprint density at radius 2 is 1.86 bits per heavy atom. The van der Waals surface area contributed by atoms with E-state index in [0.717, 1.165) is 42.0 Å². The van der Waals surface area contributed by atoms with Crippen LogP contribution in [0.25, 0.3) is 6.08 Å². The molecular formula is C23H27NO4. The van der Waals surface area contributed by atoms with Crippen molar-refractivity contribution in [2.24, 2.45) is 0 Å². The molecule has 0 radical (unpaired) electrons. The Morgan fingerprint density at radius 1 is 1.11 bits per heavy atom. The molecule has 1 aliphatic heterocycles. The van der Waals surface area contributed by atoms with Crippen molar-refractivity contribution >= 4 is 12.0 Å². The van der Waals surface area contributed by atoms with Gasteiger partial charge in [0, 0.05) is 18.2 Å². The number of ether oxygens (including phenoxy) is 3. The fraction of sp³-hybridized carbons (Fsp3) is 0.348. The summed E-state index contributed by atoms with van der Waals surface area (Å²) < 4.78 is 16.2. The van der Waals surface area contributed by atoms with E-state index in [-0.39, 0.29) is 11.9 Å². The van der Waals surface area contributed by atoms with Crippen LogP contribution in [0.4, 0.5) is 0 Å². The van der Waals surface area contributed by atoms with Crippen LogP contribution < -0.4 is 14.2 Å². The molecule has 1 atom stereocenters. The van der Waals surface area contributed by atoms with Gasteiger partial charge in [0.05, 0.1) is 26.9 Å².